The lowest BCUT2D eigenvalue weighted by atomic mass is 9.80. The molecule has 2 aromatic heterocycles. The maximum atomic E-state index is 14.4. The molecule has 2 amide bonds. The third kappa shape index (κ3) is 31.1. The molecule has 800 valence electrons. The molecule has 0 radical (unpaired) electrons. The highest BCUT2D eigenvalue weighted by Gasteiger charge is 2.54. The molecule has 0 spiro atoms. The fourth-order valence-electron chi connectivity index (χ4n) is 18.3. The molecule has 2 saturated heterocycles. The standard InChI is InChI=1S/C54H66N5O11P.C41H43N3O9.C19H38N3O2P/c1-36(2)59(37(3)4)71(35-46(60)69-53(6,7)29-30-55)70-47-45(34-67-54(40-19-15-12-16-20-40,41-21-25-43(64-9)26-22-41)42-23-27-44(65-10)28-24-42)68-51(48(47)66-32-31-63-8)58-33-38(5)49(57-52(58)62)56-50(61)39-17-13-11-14-18-39;1-27-25-44(40(47)43-37(27)42-38(46)28-11-7-5-8-12-28)39-36(51-24-23-48-2)35(45)34(53-39)26-52-41(29-13-9-6-10-14-29,30-15-19-32(49-3)20-16-30)31-17-21-33(50-4)22-18-31;1-14(2)21(15(3)4)25(22(16(5)6)17(7)8)13-18(23)24-19(9,10)11-12-20/h11-28,33,36-37,45,47-48,51H,29,31-32,34-35H2,1-10H3,(H,56,57,61,62);5-22,25,34-36,39,45H,23-24,26H2,1-4H3,(H,42,43,46,47);14-17H,11,13H2,1-10H3/t45-,47?,48?,51-,71?;34-,35?,36?,39-;/m11./s1. The number of esters is 2. The van der Waals surface area contributed by atoms with Crippen molar-refractivity contribution in [1.82, 2.24) is 33.1 Å². The Morgan fingerprint density at radius 2 is 0.732 bits per heavy atom. The minimum Gasteiger partial charge on any atom is -0.497 e. The summed E-state index contributed by atoms with van der Waals surface area (Å²) in [6, 6.07) is 72.7. The molecule has 3 N–H and O–H groups in total. The van der Waals surface area contributed by atoms with E-state index in [9.17, 15) is 39.1 Å². The SMILES string of the molecule is CC(C)N(C(C)C)P(CC(=O)OC(C)(C)CC#N)N(C(C)C)C(C)C.COCCOC1C(O)[C@@H](COC(c2ccccc2)(c2ccc(OC)cc2)c2ccc(OC)cc2)O[C@H]1n1cc(C)c(NC(=O)c2ccccc2)nc1=O.COCCOC1C(OP(CC(=O)OC(C)(C)CC#N)N(C(C)C)C(C)C)[C@@H](COC(c2ccccc2)(c2ccc(OC)cc2)c2ccc(OC)cc2)O[C@H]1n1cc(C)c(NC(=O)c2ccccc2)nc1=O. The molecule has 0 aliphatic carbocycles. The Labute approximate surface area is 878 Å². The van der Waals surface area contributed by atoms with Crippen molar-refractivity contribution in [3.05, 3.63) is 307 Å². The zero-order chi connectivity index (χ0) is 109. The fraction of sp³-hybridized carbons (Fsp3) is 0.456. The number of aromatic nitrogens is 4. The normalized spacial score (nSPS) is 17.1. The molecule has 2 fully saturated rings. The number of anilines is 2. The van der Waals surface area contributed by atoms with Gasteiger partial charge in [-0.15, -0.1) is 0 Å². The summed E-state index contributed by atoms with van der Waals surface area (Å²) >= 11 is 0. The Morgan fingerprint density at radius 1 is 0.423 bits per heavy atom. The first-order valence-corrected chi connectivity index (χ1v) is 52.8. The van der Waals surface area contributed by atoms with Gasteiger partial charge in [-0.1, -0.05) is 146 Å². The van der Waals surface area contributed by atoms with Crippen LogP contribution in [0.3, 0.4) is 0 Å². The number of aliphatic hydroxyl groups excluding tert-OH is 1. The van der Waals surface area contributed by atoms with Gasteiger partial charge in [-0.2, -0.15) is 20.5 Å². The number of hydrogen-bond donors (Lipinski definition) is 3. The molecule has 33 nitrogen and oxygen atoms in total. The second-order valence-corrected chi connectivity index (χ2v) is 42.6. The molecule has 12 rings (SSSR count). The van der Waals surface area contributed by atoms with E-state index in [4.69, 9.17) is 76.1 Å². The summed E-state index contributed by atoms with van der Waals surface area (Å²) in [6.45, 7) is 36.3. The summed E-state index contributed by atoms with van der Waals surface area (Å²) in [5.41, 5.74) is 0.890. The van der Waals surface area contributed by atoms with Gasteiger partial charge >= 0.3 is 23.3 Å². The van der Waals surface area contributed by atoms with Crippen LogP contribution in [0.25, 0.3) is 0 Å². The summed E-state index contributed by atoms with van der Waals surface area (Å²) in [5, 5.41) is 35.7. The molecule has 35 heteroatoms. The maximum absolute atomic E-state index is 14.4. The molecule has 0 saturated carbocycles. The van der Waals surface area contributed by atoms with Crippen LogP contribution in [0.1, 0.15) is 201 Å². The van der Waals surface area contributed by atoms with Gasteiger partial charge in [0.05, 0.1) is 107 Å². The number of nitrogens with zero attached hydrogens (tertiary/aromatic N) is 9. The molecule has 5 unspecified atom stereocenters. The number of hydrogen-bond acceptors (Lipinski definition) is 29. The zero-order valence-electron chi connectivity index (χ0n) is 90.0. The van der Waals surface area contributed by atoms with Crippen molar-refractivity contribution < 1.29 is 95.1 Å². The minimum absolute atomic E-state index is 0.00887. The van der Waals surface area contributed by atoms with E-state index in [0.717, 1.165) is 33.4 Å². The number of nitrogens with one attached hydrogen (secondary N) is 2. The van der Waals surface area contributed by atoms with E-state index >= 15 is 0 Å². The molecule has 9 atom stereocenters. The predicted molar refractivity (Wildman–Crippen MR) is 574 cm³/mol. The number of aryl methyl sites for hydroxylation is 2. The van der Waals surface area contributed by atoms with Crippen molar-refractivity contribution in [2.45, 2.75) is 245 Å². The highest BCUT2D eigenvalue weighted by Crippen LogP contribution is 2.54. The first-order valence-electron chi connectivity index (χ1n) is 50.0. The number of rotatable bonds is 49. The molecule has 8 aromatic carbocycles. The number of carbonyl (C=O) groups excluding carboxylic acids is 4. The van der Waals surface area contributed by atoms with E-state index in [-0.39, 0.29) is 88.3 Å². The quantitative estimate of drug-likeness (QED) is 0.0138. The van der Waals surface area contributed by atoms with Gasteiger partial charge < -0.3 is 86.6 Å². The van der Waals surface area contributed by atoms with Crippen LogP contribution in [0, 0.1) is 36.5 Å². The molecule has 149 heavy (non-hydrogen) atoms. The van der Waals surface area contributed by atoms with E-state index in [2.05, 4.69) is 102 Å². The van der Waals surface area contributed by atoms with Gasteiger partial charge in [0.2, 0.25) is 0 Å². The summed E-state index contributed by atoms with van der Waals surface area (Å²) in [7, 11) is 6.83. The number of methoxy groups -OCH3 is 6. The lowest BCUT2D eigenvalue weighted by molar-refractivity contribution is -0.154. The van der Waals surface area contributed by atoms with Crippen molar-refractivity contribution in [2.24, 2.45) is 0 Å². The summed E-state index contributed by atoms with van der Waals surface area (Å²) in [5.74, 6) is 1.26. The average molecular weight is 2090 g/mol. The van der Waals surface area contributed by atoms with Crippen LogP contribution in [0.5, 0.6) is 23.0 Å². The maximum Gasteiger partial charge on any atom is 0.351 e. The average Bonchev–Trinajstić information content (AvgIpc) is 1.73. The third-order valence-corrected chi connectivity index (χ3v) is 30.9. The van der Waals surface area contributed by atoms with Gasteiger partial charge in [-0.25, -0.2) is 9.59 Å². The summed E-state index contributed by atoms with van der Waals surface area (Å²) < 4.78 is 102. The first-order chi connectivity index (χ1) is 71.2. The van der Waals surface area contributed by atoms with E-state index in [1.54, 1.807) is 151 Å². The van der Waals surface area contributed by atoms with Crippen LogP contribution in [0.15, 0.2) is 240 Å². The van der Waals surface area contributed by atoms with Gasteiger partial charge in [-0.05, 0) is 231 Å². The Morgan fingerprint density at radius 3 is 1.06 bits per heavy atom. The van der Waals surface area contributed by atoms with Crippen molar-refractivity contribution in [3.8, 4) is 35.1 Å². The van der Waals surface area contributed by atoms with Crippen LogP contribution < -0.4 is 41.0 Å². The molecule has 10 aromatic rings. The number of carbonyl (C=O) groups is 4. The number of benzene rings is 8. The molecular weight excluding hydrogens is 1940 g/mol. The highest BCUT2D eigenvalue weighted by molar-refractivity contribution is 7.53. The van der Waals surface area contributed by atoms with Crippen LogP contribution in [0.4, 0.5) is 11.6 Å². The minimum atomic E-state index is -1.86. The number of amides is 2. The second-order valence-electron chi connectivity index (χ2n) is 38.9. The van der Waals surface area contributed by atoms with Crippen LogP contribution in [-0.2, 0) is 72.7 Å². The van der Waals surface area contributed by atoms with Gasteiger partial charge in [0.1, 0.15) is 108 Å². The van der Waals surface area contributed by atoms with E-state index < -0.39 is 117 Å². The molecule has 2 aliphatic rings. The van der Waals surface area contributed by atoms with Crippen molar-refractivity contribution in [3.63, 3.8) is 0 Å². The fourth-order valence-corrected chi connectivity index (χ4v) is 23.5. The first kappa shape index (κ1) is 119. The van der Waals surface area contributed by atoms with Gasteiger partial charge in [0, 0.05) is 85.1 Å². The Hall–Kier alpha value is -12.1. The highest BCUT2D eigenvalue weighted by atomic mass is 31.2. The Bertz CT molecular complexity index is 5960. The van der Waals surface area contributed by atoms with Crippen molar-refractivity contribution in [2.75, 3.05) is 105 Å². The van der Waals surface area contributed by atoms with E-state index in [0.29, 0.717) is 75.6 Å². The smallest absolute Gasteiger partial charge is 0.351 e. The number of aliphatic hydroxyl groups is 1. The molecule has 0 bridgehead atoms. The monoisotopic (exact) mass is 2080 g/mol. The Kier molecular flexibility index (Phi) is 44.8. The van der Waals surface area contributed by atoms with Crippen LogP contribution in [-0.4, -0.2) is 241 Å². The number of nitriles is 2. The third-order valence-electron chi connectivity index (χ3n) is 25.0. The Balaban J connectivity index is 0.000000255. The van der Waals surface area contributed by atoms with Gasteiger partial charge in [0.25, 0.3) is 11.8 Å². The number of ether oxygens (including phenoxy) is 14. The predicted octanol–water partition coefficient (Wildman–Crippen LogP) is 18.7. The lowest BCUT2D eigenvalue weighted by Gasteiger charge is -2.47. The van der Waals surface area contributed by atoms with Crippen LogP contribution in [0.2, 0.25) is 0 Å². The molecular formula is C114H147N11O22P2. The summed E-state index contributed by atoms with van der Waals surface area (Å²) in [6.07, 6.45) is -4.92. The second kappa shape index (κ2) is 56.1. The lowest BCUT2D eigenvalue weighted by Crippen LogP contribution is -2.45. The van der Waals surface area contributed by atoms with E-state index in [1.165, 1.54) is 15.3 Å². The van der Waals surface area contributed by atoms with Crippen molar-refractivity contribution in [1.29, 1.82) is 10.5 Å². The van der Waals surface area contributed by atoms with Gasteiger partial charge in [-0.3, -0.25) is 42.3 Å². The largest absolute Gasteiger partial charge is 0.497 e. The van der Waals surface area contributed by atoms with Gasteiger partial charge in [0.15, 0.2) is 12.5 Å². The van der Waals surface area contributed by atoms with Crippen molar-refractivity contribution >= 4 is 51.9 Å². The summed E-state index contributed by atoms with van der Waals surface area (Å²) in [4.78, 5) is 89.3. The molecule has 4 heterocycles. The molecule has 2 aliphatic heterocycles. The topological polar surface area (TPSA) is 378 Å². The zero-order valence-corrected chi connectivity index (χ0v) is 91.8. The van der Waals surface area contributed by atoms with Crippen LogP contribution >= 0.6 is 16.5 Å². The van der Waals surface area contributed by atoms with E-state index in [1.807, 2.05) is 185 Å².